The van der Waals surface area contributed by atoms with Gasteiger partial charge in [0.2, 0.25) is 11.8 Å². The summed E-state index contributed by atoms with van der Waals surface area (Å²) < 4.78 is 5.68. The van der Waals surface area contributed by atoms with Crippen LogP contribution in [0.3, 0.4) is 0 Å². The van der Waals surface area contributed by atoms with Gasteiger partial charge in [0.05, 0.1) is 25.3 Å². The molecule has 1 saturated heterocycles. The van der Waals surface area contributed by atoms with E-state index in [4.69, 9.17) is 10.5 Å². The van der Waals surface area contributed by atoms with Gasteiger partial charge in [0.15, 0.2) is 0 Å². The summed E-state index contributed by atoms with van der Waals surface area (Å²) in [6, 6.07) is -0.0906. The van der Waals surface area contributed by atoms with Crippen molar-refractivity contribution in [2.75, 3.05) is 53.9 Å². The number of amides is 2. The quantitative estimate of drug-likeness (QED) is 0.650. The zero-order valence-corrected chi connectivity index (χ0v) is 13.5. The Kier molecular flexibility index (Phi) is 7.07. The van der Waals surface area contributed by atoms with Crippen LogP contribution >= 0.6 is 0 Å². The van der Waals surface area contributed by atoms with Crippen LogP contribution in [0.2, 0.25) is 0 Å². The van der Waals surface area contributed by atoms with Crippen LogP contribution in [0.5, 0.6) is 0 Å². The lowest BCUT2D eigenvalue weighted by Crippen LogP contribution is -2.54. The first-order valence-corrected chi connectivity index (χ1v) is 7.38. The number of carbonyl (C=O) groups is 2. The van der Waals surface area contributed by atoms with Gasteiger partial charge in [-0.05, 0) is 27.6 Å². The van der Waals surface area contributed by atoms with E-state index < -0.39 is 0 Å². The van der Waals surface area contributed by atoms with Gasteiger partial charge in [-0.15, -0.1) is 0 Å². The molecule has 0 aromatic carbocycles. The molecule has 122 valence electrons. The van der Waals surface area contributed by atoms with E-state index >= 15 is 0 Å². The topological polar surface area (TPSA) is 79.1 Å². The molecule has 0 saturated carbocycles. The molecule has 2 amide bonds. The summed E-state index contributed by atoms with van der Waals surface area (Å²) in [7, 11) is 5.67. The Bertz CT molecular complexity index is 362. The van der Waals surface area contributed by atoms with Crippen molar-refractivity contribution in [2.45, 2.75) is 25.5 Å². The first-order chi connectivity index (χ1) is 9.85. The lowest BCUT2D eigenvalue weighted by Gasteiger charge is -2.37. The highest BCUT2D eigenvalue weighted by Crippen LogP contribution is 2.11. The summed E-state index contributed by atoms with van der Waals surface area (Å²) in [4.78, 5) is 29.1. The summed E-state index contributed by atoms with van der Waals surface area (Å²) in [5.74, 6) is -0.215. The van der Waals surface area contributed by atoms with Gasteiger partial charge in [-0.25, -0.2) is 0 Å². The maximum absolute atomic E-state index is 12.5. The van der Waals surface area contributed by atoms with Crippen LogP contribution in [0.1, 0.15) is 13.3 Å². The van der Waals surface area contributed by atoms with Crippen molar-refractivity contribution >= 4 is 11.8 Å². The van der Waals surface area contributed by atoms with Crippen LogP contribution in [-0.2, 0) is 14.3 Å². The molecule has 1 aliphatic rings. The number of hydrogen-bond donors (Lipinski definition) is 1. The minimum Gasteiger partial charge on any atom is -0.373 e. The van der Waals surface area contributed by atoms with E-state index in [1.807, 2.05) is 42.8 Å². The summed E-state index contributed by atoms with van der Waals surface area (Å²) in [6.45, 7) is 4.52. The second-order valence-electron chi connectivity index (χ2n) is 5.83. The van der Waals surface area contributed by atoms with Crippen LogP contribution in [0.15, 0.2) is 0 Å². The molecule has 7 heteroatoms. The molecule has 0 radical (unpaired) electrons. The monoisotopic (exact) mass is 300 g/mol. The Balaban J connectivity index is 2.55. The molecule has 1 aliphatic heterocycles. The number of ether oxygens (including phenoxy) is 1. The van der Waals surface area contributed by atoms with E-state index in [0.29, 0.717) is 26.2 Å². The third-order valence-electron chi connectivity index (χ3n) is 3.69. The first-order valence-electron chi connectivity index (χ1n) is 7.38. The van der Waals surface area contributed by atoms with Gasteiger partial charge in [0.25, 0.3) is 0 Å². The molecule has 21 heavy (non-hydrogen) atoms. The fourth-order valence-corrected chi connectivity index (χ4v) is 2.68. The third-order valence-corrected chi connectivity index (χ3v) is 3.69. The van der Waals surface area contributed by atoms with E-state index in [-0.39, 0.29) is 30.5 Å². The predicted molar refractivity (Wildman–Crippen MR) is 80.8 cm³/mol. The van der Waals surface area contributed by atoms with E-state index in [1.54, 1.807) is 0 Å². The number of primary amides is 1. The molecule has 0 aromatic rings. The SMILES string of the molecule is CC[C@@H](C(=O)N1CCO[C@@H](CN(C)CC(N)=O)C1)N(C)C. The Hall–Kier alpha value is -1.18. The largest absolute Gasteiger partial charge is 0.373 e. The van der Waals surface area contributed by atoms with Crippen molar-refractivity contribution in [3.63, 3.8) is 0 Å². The summed E-state index contributed by atoms with van der Waals surface area (Å²) in [6.07, 6.45) is 0.710. The molecular formula is C14H28N4O3. The summed E-state index contributed by atoms with van der Waals surface area (Å²) >= 11 is 0. The van der Waals surface area contributed by atoms with E-state index in [9.17, 15) is 9.59 Å². The van der Waals surface area contributed by atoms with Crippen LogP contribution < -0.4 is 5.73 Å². The van der Waals surface area contributed by atoms with Gasteiger partial charge < -0.3 is 15.4 Å². The molecule has 7 nitrogen and oxygen atoms in total. The first kappa shape index (κ1) is 17.9. The van der Waals surface area contributed by atoms with Gasteiger partial charge in [0, 0.05) is 19.6 Å². The molecular weight excluding hydrogens is 272 g/mol. The number of likely N-dealkylation sites (N-methyl/N-ethyl adjacent to an activating group) is 2. The van der Waals surface area contributed by atoms with E-state index in [0.717, 1.165) is 6.42 Å². The molecule has 2 atom stereocenters. The lowest BCUT2D eigenvalue weighted by molar-refractivity contribution is -0.144. The van der Waals surface area contributed by atoms with Gasteiger partial charge in [-0.1, -0.05) is 6.92 Å². The van der Waals surface area contributed by atoms with Crippen molar-refractivity contribution in [2.24, 2.45) is 5.73 Å². The van der Waals surface area contributed by atoms with E-state index in [1.165, 1.54) is 0 Å². The third kappa shape index (κ3) is 5.61. The van der Waals surface area contributed by atoms with Crippen molar-refractivity contribution in [1.82, 2.24) is 14.7 Å². The highest BCUT2D eigenvalue weighted by Gasteiger charge is 2.30. The molecule has 1 rings (SSSR count). The van der Waals surface area contributed by atoms with Gasteiger partial charge >= 0.3 is 0 Å². The minimum absolute atomic E-state index is 0.0771. The molecule has 0 spiro atoms. The Morgan fingerprint density at radius 2 is 2.05 bits per heavy atom. The molecule has 2 N–H and O–H groups in total. The maximum atomic E-state index is 12.5. The smallest absolute Gasteiger partial charge is 0.240 e. The van der Waals surface area contributed by atoms with Crippen molar-refractivity contribution < 1.29 is 14.3 Å². The molecule has 0 bridgehead atoms. The Morgan fingerprint density at radius 3 is 2.57 bits per heavy atom. The minimum atomic E-state index is -0.361. The summed E-state index contributed by atoms with van der Waals surface area (Å²) in [5.41, 5.74) is 5.17. The number of carbonyl (C=O) groups excluding carboxylic acids is 2. The van der Waals surface area contributed by atoms with E-state index in [2.05, 4.69) is 0 Å². The maximum Gasteiger partial charge on any atom is 0.240 e. The molecule has 1 heterocycles. The molecule has 0 aromatic heterocycles. The summed E-state index contributed by atoms with van der Waals surface area (Å²) in [5, 5.41) is 0. The number of hydrogen-bond acceptors (Lipinski definition) is 5. The van der Waals surface area contributed by atoms with Crippen molar-refractivity contribution in [1.29, 1.82) is 0 Å². The standard InChI is InChI=1S/C14H28N4O3/c1-5-12(16(2)3)14(20)18-6-7-21-11(9-18)8-17(4)10-13(15)19/h11-12H,5-10H2,1-4H3,(H2,15,19)/t11-,12-/m0/s1. The van der Waals surface area contributed by atoms with Gasteiger partial charge in [0.1, 0.15) is 0 Å². The van der Waals surface area contributed by atoms with Crippen LogP contribution in [0, 0.1) is 0 Å². The zero-order valence-electron chi connectivity index (χ0n) is 13.5. The van der Waals surface area contributed by atoms with Crippen LogP contribution in [-0.4, -0.2) is 92.6 Å². The average molecular weight is 300 g/mol. The van der Waals surface area contributed by atoms with Gasteiger partial charge in [-0.2, -0.15) is 0 Å². The highest BCUT2D eigenvalue weighted by atomic mass is 16.5. The van der Waals surface area contributed by atoms with Gasteiger partial charge in [-0.3, -0.25) is 19.4 Å². The number of rotatable bonds is 7. The molecule has 0 unspecified atom stereocenters. The zero-order chi connectivity index (χ0) is 16.0. The normalized spacial score (nSPS) is 20.9. The number of morpholine rings is 1. The van der Waals surface area contributed by atoms with Crippen molar-refractivity contribution in [3.8, 4) is 0 Å². The van der Waals surface area contributed by atoms with Crippen molar-refractivity contribution in [3.05, 3.63) is 0 Å². The second kappa shape index (κ2) is 8.31. The highest BCUT2D eigenvalue weighted by molar-refractivity contribution is 5.82. The fourth-order valence-electron chi connectivity index (χ4n) is 2.68. The lowest BCUT2D eigenvalue weighted by atomic mass is 10.1. The van der Waals surface area contributed by atoms with Crippen LogP contribution in [0.4, 0.5) is 0 Å². The Morgan fingerprint density at radius 1 is 1.38 bits per heavy atom. The Labute approximate surface area is 127 Å². The predicted octanol–water partition coefficient (Wildman–Crippen LogP) is -1.03. The van der Waals surface area contributed by atoms with Crippen LogP contribution in [0.25, 0.3) is 0 Å². The second-order valence-corrected chi connectivity index (χ2v) is 5.83. The molecule has 1 fully saturated rings. The number of nitrogens with two attached hydrogens (primary N) is 1. The fraction of sp³-hybridized carbons (Fsp3) is 0.857. The number of nitrogens with zero attached hydrogens (tertiary/aromatic N) is 3. The molecule has 0 aliphatic carbocycles. The average Bonchev–Trinajstić information content (AvgIpc) is 2.38.